The lowest BCUT2D eigenvalue weighted by molar-refractivity contribution is -0.146. The molecule has 16 heteroatoms. The van der Waals surface area contributed by atoms with Crippen LogP contribution < -0.4 is 21.3 Å². The Morgan fingerprint density at radius 1 is 0.982 bits per heavy atom. The number of aromatic nitrogens is 3. The number of benzene rings is 2. The quantitative estimate of drug-likeness (QED) is 0.114. The summed E-state index contributed by atoms with van der Waals surface area (Å²) in [6.45, 7) is 8.03. The maximum absolute atomic E-state index is 13.3. The molecule has 5 amide bonds. The number of amides is 5. The zero-order valence-electron chi connectivity index (χ0n) is 31.5. The van der Waals surface area contributed by atoms with Gasteiger partial charge in [-0.05, 0) is 88.0 Å². The molecule has 1 fully saturated rings. The minimum Gasteiger partial charge on any atom is -0.356 e. The van der Waals surface area contributed by atoms with Gasteiger partial charge in [-0.2, -0.15) is 0 Å². The lowest BCUT2D eigenvalue weighted by Gasteiger charge is -2.37. The van der Waals surface area contributed by atoms with E-state index in [1.165, 1.54) is 9.78 Å². The molecule has 14 nitrogen and oxygen atoms in total. The molecule has 2 aromatic carbocycles. The Labute approximate surface area is 333 Å². The molecule has 1 saturated heterocycles. The lowest BCUT2D eigenvalue weighted by atomic mass is 9.94. The van der Waals surface area contributed by atoms with Crippen LogP contribution in [0.3, 0.4) is 0 Å². The van der Waals surface area contributed by atoms with E-state index in [9.17, 15) is 24.0 Å². The highest BCUT2D eigenvalue weighted by molar-refractivity contribution is 7.15. The fourth-order valence-electron chi connectivity index (χ4n) is 7.42. The molecule has 0 radical (unpaired) electrons. The summed E-state index contributed by atoms with van der Waals surface area (Å²) in [6, 6.07) is 11.8. The van der Waals surface area contributed by atoms with Gasteiger partial charge in [-0.25, -0.2) is 0 Å². The minimum absolute atomic E-state index is 0.112. The highest BCUT2D eigenvalue weighted by Crippen LogP contribution is 2.39. The van der Waals surface area contributed by atoms with Gasteiger partial charge in [0.1, 0.15) is 22.9 Å². The van der Waals surface area contributed by atoms with Crippen LogP contribution in [-0.4, -0.2) is 80.6 Å². The Kier molecular flexibility index (Phi) is 11.7. The number of nitrogens with one attached hydrogen (secondary N) is 4. The zero-order chi connectivity index (χ0) is 39.5. The van der Waals surface area contributed by atoms with E-state index >= 15 is 0 Å². The predicted octanol–water partition coefficient (Wildman–Crippen LogP) is 4.39. The molecular weight excluding hydrogens is 754 g/mol. The van der Waals surface area contributed by atoms with Crippen LogP contribution in [0.15, 0.2) is 47.5 Å². The Morgan fingerprint density at radius 2 is 1.77 bits per heavy atom. The number of carbonyl (C=O) groups excluding carboxylic acids is 5. The van der Waals surface area contributed by atoms with Gasteiger partial charge in [0.2, 0.25) is 29.5 Å². The van der Waals surface area contributed by atoms with Gasteiger partial charge in [0.15, 0.2) is 5.82 Å². The van der Waals surface area contributed by atoms with E-state index in [0.717, 1.165) is 44.4 Å². The first-order valence-corrected chi connectivity index (χ1v) is 20.1. The van der Waals surface area contributed by atoms with Crippen molar-refractivity contribution in [3.63, 3.8) is 0 Å². The van der Waals surface area contributed by atoms with Crippen LogP contribution >= 0.6 is 22.9 Å². The third-order valence-electron chi connectivity index (χ3n) is 10.5. The summed E-state index contributed by atoms with van der Waals surface area (Å²) in [5.74, 6) is 0.101. The van der Waals surface area contributed by atoms with Crippen molar-refractivity contribution < 1.29 is 24.0 Å². The summed E-state index contributed by atoms with van der Waals surface area (Å²) in [7, 11) is 0. The largest absolute Gasteiger partial charge is 0.356 e. The number of thiophene rings is 1. The number of aliphatic imine (C=N–C) groups is 1. The minimum atomic E-state index is -0.711. The topological polar surface area (TPSA) is 180 Å². The number of aryl methyl sites for hydroxylation is 2. The van der Waals surface area contributed by atoms with Gasteiger partial charge in [-0.15, -0.1) is 21.5 Å². The van der Waals surface area contributed by atoms with Gasteiger partial charge in [0.25, 0.3) is 0 Å². The van der Waals surface area contributed by atoms with Crippen molar-refractivity contribution in [1.82, 2.24) is 35.6 Å². The molecule has 56 heavy (non-hydrogen) atoms. The average Bonchev–Trinajstić information content (AvgIpc) is 3.64. The number of halogens is 1. The molecule has 3 aliphatic rings. The molecule has 1 unspecified atom stereocenters. The first-order chi connectivity index (χ1) is 27.0. The fourth-order valence-corrected chi connectivity index (χ4v) is 8.76. The normalized spacial score (nSPS) is 17.7. The first kappa shape index (κ1) is 39.0. The van der Waals surface area contributed by atoms with Gasteiger partial charge in [-0.1, -0.05) is 35.9 Å². The molecule has 5 heterocycles. The second-order valence-corrected chi connectivity index (χ2v) is 16.0. The number of imide groups is 1. The van der Waals surface area contributed by atoms with Crippen molar-refractivity contribution in [3.05, 3.63) is 91.8 Å². The highest BCUT2D eigenvalue weighted by atomic mass is 35.5. The first-order valence-electron chi connectivity index (χ1n) is 18.9. The maximum Gasteiger partial charge on any atom is 0.249 e. The molecule has 0 bridgehead atoms. The molecule has 7 rings (SSSR count). The van der Waals surface area contributed by atoms with E-state index in [2.05, 4.69) is 45.3 Å². The molecule has 292 valence electrons. The number of nitrogens with zero attached hydrogens (tertiary/aromatic N) is 5. The molecule has 0 aliphatic carbocycles. The van der Waals surface area contributed by atoms with Crippen LogP contribution in [0.5, 0.6) is 0 Å². The third-order valence-corrected chi connectivity index (χ3v) is 11.9. The summed E-state index contributed by atoms with van der Waals surface area (Å²) in [5, 5.41) is 22.2. The Morgan fingerprint density at radius 3 is 2.55 bits per heavy atom. The summed E-state index contributed by atoms with van der Waals surface area (Å²) >= 11 is 7.89. The van der Waals surface area contributed by atoms with E-state index in [1.807, 2.05) is 41.8 Å². The number of fused-ring (bicyclic) bond motifs is 4. The monoisotopic (exact) mass is 797 g/mol. The average molecular weight is 798 g/mol. The summed E-state index contributed by atoms with van der Waals surface area (Å²) in [6.07, 6.45) is 2.29. The van der Waals surface area contributed by atoms with Gasteiger partial charge < -0.3 is 20.9 Å². The highest BCUT2D eigenvalue weighted by Gasteiger charge is 2.37. The molecule has 4 N–H and O–H groups in total. The lowest BCUT2D eigenvalue weighted by Crippen LogP contribution is -2.55. The van der Waals surface area contributed by atoms with Crippen molar-refractivity contribution in [2.75, 3.05) is 25.0 Å². The van der Waals surface area contributed by atoms with Gasteiger partial charge in [0.05, 0.1) is 18.6 Å². The van der Waals surface area contributed by atoms with Crippen molar-refractivity contribution in [1.29, 1.82) is 0 Å². The Hall–Kier alpha value is -5.25. The SMILES string of the molecule is Cc1sc2c(c1C)C(c1ccc(Cl)cc1)=N[C@@H](CC(=O)NCCCNCCCC(=O)Nc1cccc3c1CN(C1CCC(=O)NC1=O)C(=O)C3)c1nnc(C)n1-2. The van der Waals surface area contributed by atoms with Crippen LogP contribution in [0.25, 0.3) is 5.00 Å². The van der Waals surface area contributed by atoms with Gasteiger partial charge >= 0.3 is 0 Å². The third kappa shape index (κ3) is 8.30. The van der Waals surface area contributed by atoms with E-state index < -0.39 is 18.0 Å². The van der Waals surface area contributed by atoms with E-state index in [0.29, 0.717) is 55.4 Å². The van der Waals surface area contributed by atoms with Gasteiger partial charge in [-0.3, -0.25) is 38.8 Å². The van der Waals surface area contributed by atoms with Gasteiger partial charge in [0, 0.05) is 52.6 Å². The second kappa shape index (κ2) is 16.9. The molecular formula is C40H44ClN9O5S. The van der Waals surface area contributed by atoms with Crippen molar-refractivity contribution in [2.24, 2.45) is 4.99 Å². The van der Waals surface area contributed by atoms with Crippen LogP contribution in [0.2, 0.25) is 5.02 Å². The molecule has 2 aromatic heterocycles. The molecule has 4 aromatic rings. The number of hydrogen-bond donors (Lipinski definition) is 4. The van der Waals surface area contributed by atoms with Crippen molar-refractivity contribution >= 4 is 63.9 Å². The Bertz CT molecular complexity index is 2230. The zero-order valence-corrected chi connectivity index (χ0v) is 33.1. The summed E-state index contributed by atoms with van der Waals surface area (Å²) < 4.78 is 2.03. The van der Waals surface area contributed by atoms with Crippen LogP contribution in [0.1, 0.15) is 88.9 Å². The smallest absolute Gasteiger partial charge is 0.249 e. The van der Waals surface area contributed by atoms with Crippen LogP contribution in [-0.2, 0) is 36.9 Å². The fraction of sp³-hybridized carbons (Fsp3) is 0.400. The molecule has 0 spiro atoms. The van der Waals surface area contributed by atoms with Crippen molar-refractivity contribution in [2.45, 2.75) is 84.3 Å². The molecule has 3 aliphatic heterocycles. The number of piperidine rings is 1. The van der Waals surface area contributed by atoms with E-state index in [4.69, 9.17) is 16.6 Å². The second-order valence-electron chi connectivity index (χ2n) is 14.3. The molecule has 2 atom stereocenters. The summed E-state index contributed by atoms with van der Waals surface area (Å²) in [4.78, 5) is 71.0. The number of rotatable bonds is 13. The Balaban J connectivity index is 0.872. The number of carbonyl (C=O) groups is 5. The number of anilines is 1. The maximum atomic E-state index is 13.3. The van der Waals surface area contributed by atoms with Crippen molar-refractivity contribution in [3.8, 4) is 5.00 Å². The van der Waals surface area contributed by atoms with Crippen LogP contribution in [0, 0.1) is 20.8 Å². The summed E-state index contributed by atoms with van der Waals surface area (Å²) in [5.41, 5.74) is 6.09. The predicted molar refractivity (Wildman–Crippen MR) is 213 cm³/mol. The standard InChI is InChI=1S/C40H44ClN9O5S/c1-22-23(2)56-40-36(22)37(25-10-12-27(41)13-11-25)45-30(38-48-47-24(3)50(38)40)20-34(53)43-18-6-17-42-16-5-9-32(51)44-29-8-4-7-26-19-35(54)49(21-28(26)29)31-14-15-33(52)46-39(31)55/h4,7-8,10-13,30-31,42H,5-6,9,14-21H2,1-3H3,(H,43,53)(H,44,51)(H,46,52,55)/t30-,31?/m0/s1. The van der Waals surface area contributed by atoms with E-state index in [1.54, 1.807) is 23.5 Å². The van der Waals surface area contributed by atoms with Crippen LogP contribution in [0.4, 0.5) is 5.69 Å². The molecule has 0 saturated carbocycles. The van der Waals surface area contributed by atoms with E-state index in [-0.39, 0.29) is 55.9 Å². The number of hydrogen-bond acceptors (Lipinski definition) is 10.